The van der Waals surface area contributed by atoms with E-state index in [9.17, 15) is 9.59 Å². The standard InChI is InChI=1S/C16H17N5O3/c1-8(2)12-20-16(24-21-12)9(3)17-15(23)13-18-11-7-5-4-6-10(11)14(22)19-13/h4-9H,1-3H3,(H,17,23)(H,18,19,22). The molecule has 3 aromatic rings. The van der Waals surface area contributed by atoms with Gasteiger partial charge in [-0.1, -0.05) is 31.1 Å². The summed E-state index contributed by atoms with van der Waals surface area (Å²) in [5.41, 5.74) is 0.0947. The topological polar surface area (TPSA) is 114 Å². The van der Waals surface area contributed by atoms with E-state index in [1.807, 2.05) is 13.8 Å². The molecule has 24 heavy (non-hydrogen) atoms. The molecule has 8 heteroatoms. The largest absolute Gasteiger partial charge is 0.338 e. The first-order chi connectivity index (χ1) is 11.5. The number of benzene rings is 1. The van der Waals surface area contributed by atoms with E-state index in [4.69, 9.17) is 4.52 Å². The predicted molar refractivity (Wildman–Crippen MR) is 86.6 cm³/mol. The fourth-order valence-electron chi connectivity index (χ4n) is 2.18. The van der Waals surface area contributed by atoms with Gasteiger partial charge in [-0.15, -0.1) is 0 Å². The summed E-state index contributed by atoms with van der Waals surface area (Å²) in [6, 6.07) is 6.32. The summed E-state index contributed by atoms with van der Waals surface area (Å²) in [6.45, 7) is 5.61. The van der Waals surface area contributed by atoms with Crippen molar-refractivity contribution in [3.8, 4) is 0 Å². The van der Waals surface area contributed by atoms with Crippen LogP contribution in [0.3, 0.4) is 0 Å². The summed E-state index contributed by atoms with van der Waals surface area (Å²) in [5, 5.41) is 6.98. The van der Waals surface area contributed by atoms with Crippen molar-refractivity contribution in [2.24, 2.45) is 0 Å². The Morgan fingerprint density at radius 2 is 1.96 bits per heavy atom. The maximum atomic E-state index is 12.3. The van der Waals surface area contributed by atoms with Gasteiger partial charge < -0.3 is 14.8 Å². The van der Waals surface area contributed by atoms with E-state index in [-0.39, 0.29) is 17.3 Å². The summed E-state index contributed by atoms with van der Waals surface area (Å²) in [5.74, 6) is 0.422. The maximum absolute atomic E-state index is 12.3. The maximum Gasteiger partial charge on any atom is 0.287 e. The molecule has 0 aliphatic heterocycles. The monoisotopic (exact) mass is 327 g/mol. The van der Waals surface area contributed by atoms with Crippen LogP contribution in [0.5, 0.6) is 0 Å². The lowest BCUT2D eigenvalue weighted by Gasteiger charge is -2.09. The van der Waals surface area contributed by atoms with Crippen molar-refractivity contribution in [3.63, 3.8) is 0 Å². The Labute approximate surface area is 137 Å². The molecule has 124 valence electrons. The minimum Gasteiger partial charge on any atom is -0.338 e. The van der Waals surface area contributed by atoms with Gasteiger partial charge >= 0.3 is 0 Å². The smallest absolute Gasteiger partial charge is 0.287 e. The quantitative estimate of drug-likeness (QED) is 0.756. The second-order valence-electron chi connectivity index (χ2n) is 5.77. The van der Waals surface area contributed by atoms with Crippen LogP contribution < -0.4 is 10.9 Å². The minimum absolute atomic E-state index is 0.0610. The van der Waals surface area contributed by atoms with Crippen LogP contribution in [-0.4, -0.2) is 26.0 Å². The molecule has 1 amide bonds. The van der Waals surface area contributed by atoms with Crippen LogP contribution in [0.25, 0.3) is 10.9 Å². The number of amides is 1. The van der Waals surface area contributed by atoms with Crippen molar-refractivity contribution in [1.29, 1.82) is 0 Å². The summed E-state index contributed by atoms with van der Waals surface area (Å²) >= 11 is 0. The molecule has 0 spiro atoms. The van der Waals surface area contributed by atoms with Crippen LogP contribution >= 0.6 is 0 Å². The zero-order valence-corrected chi connectivity index (χ0v) is 13.5. The van der Waals surface area contributed by atoms with Gasteiger partial charge in [-0.25, -0.2) is 4.98 Å². The number of fused-ring (bicyclic) bond motifs is 1. The van der Waals surface area contributed by atoms with Gasteiger partial charge in [0, 0.05) is 5.92 Å². The van der Waals surface area contributed by atoms with Crippen LogP contribution in [0.1, 0.15) is 55.1 Å². The number of aromatic nitrogens is 4. The normalized spacial score (nSPS) is 12.5. The summed E-state index contributed by atoms with van der Waals surface area (Å²) < 4.78 is 5.15. The molecule has 2 heterocycles. The Hall–Kier alpha value is -3.03. The molecular weight excluding hydrogens is 310 g/mol. The fourth-order valence-corrected chi connectivity index (χ4v) is 2.18. The summed E-state index contributed by atoms with van der Waals surface area (Å²) in [7, 11) is 0. The number of hydrogen-bond acceptors (Lipinski definition) is 6. The lowest BCUT2D eigenvalue weighted by Crippen LogP contribution is -2.30. The number of carbonyl (C=O) groups is 1. The third-order valence-corrected chi connectivity index (χ3v) is 3.52. The molecule has 0 fully saturated rings. The van der Waals surface area contributed by atoms with E-state index in [0.29, 0.717) is 22.6 Å². The molecule has 3 rings (SSSR count). The Kier molecular flexibility index (Phi) is 4.11. The number of H-pyrrole nitrogens is 1. The summed E-state index contributed by atoms with van der Waals surface area (Å²) in [4.78, 5) is 35.3. The average Bonchev–Trinajstić information content (AvgIpc) is 3.05. The third kappa shape index (κ3) is 3.03. The number of para-hydroxylation sites is 1. The van der Waals surface area contributed by atoms with Crippen molar-refractivity contribution >= 4 is 16.8 Å². The molecule has 1 aromatic carbocycles. The first-order valence-electron chi connectivity index (χ1n) is 7.59. The molecule has 1 atom stereocenters. The van der Waals surface area contributed by atoms with Crippen molar-refractivity contribution in [2.75, 3.05) is 0 Å². The molecule has 2 N–H and O–H groups in total. The highest BCUT2D eigenvalue weighted by Crippen LogP contribution is 2.15. The van der Waals surface area contributed by atoms with Gasteiger partial charge in [0.1, 0.15) is 6.04 Å². The molecule has 2 aromatic heterocycles. The molecule has 0 aliphatic carbocycles. The van der Waals surface area contributed by atoms with Gasteiger partial charge in [-0.2, -0.15) is 4.98 Å². The molecule has 1 unspecified atom stereocenters. The SMILES string of the molecule is CC(C)c1noc(C(C)NC(=O)c2nc3ccccc3c(=O)[nH]2)n1. The van der Waals surface area contributed by atoms with Crippen LogP contribution in [0.15, 0.2) is 33.6 Å². The van der Waals surface area contributed by atoms with Crippen molar-refractivity contribution in [2.45, 2.75) is 32.7 Å². The van der Waals surface area contributed by atoms with Crippen LogP contribution in [0.4, 0.5) is 0 Å². The number of nitrogens with zero attached hydrogens (tertiary/aromatic N) is 3. The van der Waals surface area contributed by atoms with Gasteiger partial charge in [0.2, 0.25) is 5.89 Å². The minimum atomic E-state index is -0.519. The first kappa shape index (κ1) is 15.9. The van der Waals surface area contributed by atoms with E-state index in [0.717, 1.165) is 0 Å². The Morgan fingerprint density at radius 3 is 2.67 bits per heavy atom. The molecule has 0 radical (unpaired) electrons. The lowest BCUT2D eigenvalue weighted by atomic mass is 10.2. The Balaban J connectivity index is 1.82. The van der Waals surface area contributed by atoms with E-state index in [1.165, 1.54) is 0 Å². The van der Waals surface area contributed by atoms with Crippen LogP contribution in [0.2, 0.25) is 0 Å². The van der Waals surface area contributed by atoms with Gasteiger partial charge in [-0.05, 0) is 19.1 Å². The molecular formula is C16H17N5O3. The van der Waals surface area contributed by atoms with Crippen LogP contribution in [0, 0.1) is 0 Å². The second kappa shape index (κ2) is 6.23. The van der Waals surface area contributed by atoms with Crippen LogP contribution in [-0.2, 0) is 0 Å². The number of hydrogen-bond donors (Lipinski definition) is 2. The van der Waals surface area contributed by atoms with E-state index < -0.39 is 11.9 Å². The molecule has 0 aliphatic rings. The summed E-state index contributed by atoms with van der Waals surface area (Å²) in [6.07, 6.45) is 0. The Morgan fingerprint density at radius 1 is 1.21 bits per heavy atom. The fraction of sp³-hybridized carbons (Fsp3) is 0.312. The average molecular weight is 327 g/mol. The number of nitrogens with one attached hydrogen (secondary N) is 2. The highest BCUT2D eigenvalue weighted by Gasteiger charge is 2.20. The highest BCUT2D eigenvalue weighted by atomic mass is 16.5. The van der Waals surface area contributed by atoms with E-state index in [1.54, 1.807) is 31.2 Å². The first-order valence-corrected chi connectivity index (χ1v) is 7.59. The van der Waals surface area contributed by atoms with Gasteiger partial charge in [0.25, 0.3) is 11.5 Å². The van der Waals surface area contributed by atoms with E-state index >= 15 is 0 Å². The Bertz CT molecular complexity index is 944. The number of rotatable bonds is 4. The highest BCUT2D eigenvalue weighted by molar-refractivity contribution is 5.92. The third-order valence-electron chi connectivity index (χ3n) is 3.52. The van der Waals surface area contributed by atoms with Crippen molar-refractivity contribution in [1.82, 2.24) is 25.4 Å². The molecule has 0 saturated carbocycles. The number of carbonyl (C=O) groups excluding carboxylic acids is 1. The number of aromatic amines is 1. The van der Waals surface area contributed by atoms with Crippen molar-refractivity contribution < 1.29 is 9.32 Å². The zero-order valence-electron chi connectivity index (χ0n) is 13.5. The second-order valence-corrected chi connectivity index (χ2v) is 5.77. The molecule has 0 saturated heterocycles. The lowest BCUT2D eigenvalue weighted by molar-refractivity contribution is 0.0922. The van der Waals surface area contributed by atoms with Gasteiger partial charge in [0.15, 0.2) is 11.6 Å². The van der Waals surface area contributed by atoms with Crippen molar-refractivity contribution in [3.05, 3.63) is 52.2 Å². The van der Waals surface area contributed by atoms with E-state index in [2.05, 4.69) is 25.4 Å². The zero-order chi connectivity index (χ0) is 17.3. The predicted octanol–water partition coefficient (Wildman–Crippen LogP) is 1.92. The molecule has 0 bridgehead atoms. The van der Waals surface area contributed by atoms with Gasteiger partial charge in [0.05, 0.1) is 10.9 Å². The molecule has 8 nitrogen and oxygen atoms in total. The van der Waals surface area contributed by atoms with Gasteiger partial charge in [-0.3, -0.25) is 9.59 Å².